The van der Waals surface area contributed by atoms with Gasteiger partial charge in [0.05, 0.1) is 15.5 Å². The maximum absolute atomic E-state index is 12.3. The van der Waals surface area contributed by atoms with Gasteiger partial charge in [-0.3, -0.25) is 9.59 Å². The second-order valence-electron chi connectivity index (χ2n) is 4.81. The minimum absolute atomic E-state index is 0.261. The Morgan fingerprint density at radius 2 is 1.60 bits per heavy atom. The number of amides is 1. The Morgan fingerprint density at radius 3 is 2.16 bits per heavy atom. The number of rotatable bonds is 5. The van der Waals surface area contributed by atoms with Crippen LogP contribution < -0.4 is 4.72 Å². The molecule has 0 atom stereocenters. The molecule has 134 valence electrons. The number of hydrogen-bond acceptors (Lipinski definition) is 5. The molecule has 1 amide bonds. The summed E-state index contributed by atoms with van der Waals surface area (Å²) in [5.41, 5.74) is 0.365. The fourth-order valence-corrected chi connectivity index (χ4v) is 3.90. The van der Waals surface area contributed by atoms with Crippen LogP contribution in [0.1, 0.15) is 24.9 Å². The first kappa shape index (κ1) is 19.4. The number of carbonyl (C=O) groups excluding carboxylic acids is 2. The first-order valence-corrected chi connectivity index (χ1v) is 9.33. The molecule has 0 fully saturated rings. The van der Waals surface area contributed by atoms with Gasteiger partial charge in [-0.1, -0.05) is 23.7 Å². The number of ketones is 1. The summed E-state index contributed by atoms with van der Waals surface area (Å²) in [6, 6.07) is 7.64. The van der Waals surface area contributed by atoms with Gasteiger partial charge in [-0.25, -0.2) is 13.1 Å². The second kappa shape index (κ2) is 7.14. The lowest BCUT2D eigenvalue weighted by Crippen LogP contribution is -2.31. The zero-order chi connectivity index (χ0) is 18.8. The molecule has 2 aromatic rings. The van der Waals surface area contributed by atoms with Gasteiger partial charge in [0.15, 0.2) is 0 Å². The van der Waals surface area contributed by atoms with Crippen LogP contribution in [0.4, 0.5) is 13.2 Å². The standard InChI is InChI=1S/C14H9ClF3NO4S2/c15-9-3-1-8(2-4-9)7-25(22,23)19-13(21)11-6-5-10(24-11)12(20)14(16,17)18/h1-6H,7H2,(H,19,21). The molecule has 0 aliphatic carbocycles. The van der Waals surface area contributed by atoms with E-state index in [0.717, 1.165) is 12.1 Å². The predicted octanol–water partition coefficient (Wildman–Crippen LogP) is 3.41. The fourth-order valence-electron chi connectivity index (χ4n) is 1.75. The van der Waals surface area contributed by atoms with Crippen LogP contribution in [0.25, 0.3) is 0 Å². The van der Waals surface area contributed by atoms with E-state index in [1.54, 1.807) is 4.72 Å². The number of sulfonamides is 1. The van der Waals surface area contributed by atoms with Crippen molar-refractivity contribution in [3.63, 3.8) is 0 Å². The van der Waals surface area contributed by atoms with Crippen LogP contribution >= 0.6 is 22.9 Å². The van der Waals surface area contributed by atoms with Crippen LogP contribution in [0.2, 0.25) is 5.02 Å². The molecule has 0 aliphatic rings. The Bertz CT molecular complexity index is 905. The van der Waals surface area contributed by atoms with Crippen LogP contribution in [0.15, 0.2) is 36.4 Å². The van der Waals surface area contributed by atoms with Gasteiger partial charge < -0.3 is 0 Å². The lowest BCUT2D eigenvalue weighted by Gasteiger charge is -2.06. The van der Waals surface area contributed by atoms with Gasteiger partial charge in [0.25, 0.3) is 11.7 Å². The molecule has 0 aliphatic heterocycles. The normalized spacial score (nSPS) is 12.0. The highest BCUT2D eigenvalue weighted by Crippen LogP contribution is 2.26. The Morgan fingerprint density at radius 1 is 1.04 bits per heavy atom. The number of halogens is 4. The number of benzene rings is 1. The molecule has 0 unspecified atom stereocenters. The van der Waals surface area contributed by atoms with E-state index in [4.69, 9.17) is 11.6 Å². The van der Waals surface area contributed by atoms with Crippen molar-refractivity contribution in [2.45, 2.75) is 11.9 Å². The topological polar surface area (TPSA) is 80.3 Å². The zero-order valence-electron chi connectivity index (χ0n) is 12.1. The summed E-state index contributed by atoms with van der Waals surface area (Å²) < 4.78 is 62.7. The molecule has 1 heterocycles. The summed E-state index contributed by atoms with van der Waals surface area (Å²) in [6.45, 7) is 0. The summed E-state index contributed by atoms with van der Waals surface area (Å²) in [5, 5.41) is 0.408. The number of Topliss-reactive ketones (excluding diaryl/α,β-unsaturated/α-hetero) is 1. The Kier molecular flexibility index (Phi) is 5.55. The zero-order valence-corrected chi connectivity index (χ0v) is 14.5. The van der Waals surface area contributed by atoms with E-state index in [-0.39, 0.29) is 16.2 Å². The van der Waals surface area contributed by atoms with Crippen molar-refractivity contribution < 1.29 is 31.2 Å². The average Bonchev–Trinajstić information content (AvgIpc) is 2.97. The number of carbonyl (C=O) groups is 2. The molecule has 1 aromatic heterocycles. The Hall–Kier alpha value is -1.91. The number of thiophene rings is 1. The van der Waals surface area contributed by atoms with Crippen LogP contribution in [0, 0.1) is 0 Å². The minimum atomic E-state index is -5.07. The highest BCUT2D eigenvalue weighted by Gasteiger charge is 2.40. The summed E-state index contributed by atoms with van der Waals surface area (Å²) in [4.78, 5) is 21.9. The molecule has 0 saturated carbocycles. The van der Waals surface area contributed by atoms with Crippen molar-refractivity contribution in [1.82, 2.24) is 4.72 Å². The fraction of sp³-hybridized carbons (Fsp3) is 0.143. The quantitative estimate of drug-likeness (QED) is 0.764. The number of nitrogens with one attached hydrogen (secondary N) is 1. The number of hydrogen-bond donors (Lipinski definition) is 1. The molecule has 1 N–H and O–H groups in total. The molecule has 0 bridgehead atoms. The lowest BCUT2D eigenvalue weighted by molar-refractivity contribution is -0.0882. The Labute approximate surface area is 149 Å². The molecule has 0 spiro atoms. The first-order chi connectivity index (χ1) is 11.5. The summed E-state index contributed by atoms with van der Waals surface area (Å²) in [6.07, 6.45) is -5.07. The van der Waals surface area contributed by atoms with Crippen molar-refractivity contribution in [3.05, 3.63) is 56.7 Å². The van der Waals surface area contributed by atoms with Gasteiger partial charge in [-0.15, -0.1) is 11.3 Å². The molecule has 0 radical (unpaired) electrons. The number of alkyl halides is 3. The molecule has 25 heavy (non-hydrogen) atoms. The highest BCUT2D eigenvalue weighted by atomic mass is 35.5. The molecular weight excluding hydrogens is 403 g/mol. The van der Waals surface area contributed by atoms with Gasteiger partial charge in [0, 0.05) is 5.02 Å². The Balaban J connectivity index is 2.10. The SMILES string of the molecule is O=C(NS(=O)(=O)Cc1ccc(Cl)cc1)c1ccc(C(=O)C(F)(F)F)s1. The molecule has 1 aromatic carbocycles. The molecule has 11 heteroatoms. The van der Waals surface area contributed by atoms with Crippen LogP contribution in [0.3, 0.4) is 0 Å². The van der Waals surface area contributed by atoms with Gasteiger partial charge in [0.1, 0.15) is 0 Å². The second-order valence-corrected chi connectivity index (χ2v) is 8.05. The van der Waals surface area contributed by atoms with E-state index in [9.17, 15) is 31.2 Å². The van der Waals surface area contributed by atoms with E-state index < -0.39 is 38.5 Å². The third-order valence-corrected chi connectivity index (χ3v) is 5.37. The molecular formula is C14H9ClF3NO4S2. The smallest absolute Gasteiger partial charge is 0.283 e. The molecule has 0 saturated heterocycles. The summed E-state index contributed by atoms with van der Waals surface area (Å²) >= 11 is 5.94. The van der Waals surface area contributed by atoms with Gasteiger partial charge in [0.2, 0.25) is 10.0 Å². The van der Waals surface area contributed by atoms with Crippen molar-refractivity contribution in [2.24, 2.45) is 0 Å². The van der Waals surface area contributed by atoms with Crippen molar-refractivity contribution in [1.29, 1.82) is 0 Å². The van der Waals surface area contributed by atoms with Gasteiger partial charge in [-0.05, 0) is 29.8 Å². The largest absolute Gasteiger partial charge is 0.455 e. The third-order valence-electron chi connectivity index (χ3n) is 2.83. The third kappa shape index (κ3) is 5.28. The van der Waals surface area contributed by atoms with E-state index in [1.165, 1.54) is 24.3 Å². The van der Waals surface area contributed by atoms with Gasteiger partial charge in [-0.2, -0.15) is 13.2 Å². The van der Waals surface area contributed by atoms with E-state index in [0.29, 0.717) is 10.6 Å². The van der Waals surface area contributed by atoms with Gasteiger partial charge >= 0.3 is 6.18 Å². The first-order valence-electron chi connectivity index (χ1n) is 6.48. The van der Waals surface area contributed by atoms with Crippen LogP contribution in [-0.2, 0) is 15.8 Å². The van der Waals surface area contributed by atoms with Crippen molar-refractivity contribution in [3.8, 4) is 0 Å². The molecule has 2 rings (SSSR count). The lowest BCUT2D eigenvalue weighted by atomic mass is 10.2. The summed E-state index contributed by atoms with van der Waals surface area (Å²) in [5.74, 6) is -3.73. The monoisotopic (exact) mass is 411 g/mol. The average molecular weight is 412 g/mol. The van der Waals surface area contributed by atoms with E-state index >= 15 is 0 Å². The maximum atomic E-state index is 12.3. The van der Waals surface area contributed by atoms with E-state index in [2.05, 4.69) is 0 Å². The van der Waals surface area contributed by atoms with E-state index in [1.807, 2.05) is 0 Å². The van der Waals surface area contributed by atoms with Crippen molar-refractivity contribution in [2.75, 3.05) is 0 Å². The van der Waals surface area contributed by atoms with Crippen LogP contribution in [0.5, 0.6) is 0 Å². The summed E-state index contributed by atoms with van der Waals surface area (Å²) in [7, 11) is -4.08. The predicted molar refractivity (Wildman–Crippen MR) is 86.2 cm³/mol. The molecule has 5 nitrogen and oxygen atoms in total. The van der Waals surface area contributed by atoms with Crippen LogP contribution in [-0.4, -0.2) is 26.3 Å². The van der Waals surface area contributed by atoms with Crippen molar-refractivity contribution >= 4 is 44.7 Å². The maximum Gasteiger partial charge on any atom is 0.455 e. The minimum Gasteiger partial charge on any atom is -0.283 e. The highest BCUT2D eigenvalue weighted by molar-refractivity contribution is 7.89.